The number of aromatic nitrogens is 3. The van der Waals surface area contributed by atoms with E-state index in [0.29, 0.717) is 27.9 Å². The van der Waals surface area contributed by atoms with Crippen LogP contribution in [-0.4, -0.2) is 20.9 Å². The van der Waals surface area contributed by atoms with Crippen LogP contribution in [0.15, 0.2) is 115 Å². The Balaban J connectivity index is 1.43. The Morgan fingerprint density at radius 1 is 0.629 bits per heavy atom. The van der Waals surface area contributed by atoms with Gasteiger partial charge in [-0.05, 0) is 30.3 Å². The molecule has 6 rings (SSSR count). The molecule has 2 aromatic heterocycles. The summed E-state index contributed by atoms with van der Waals surface area (Å²) in [7, 11) is 0. The molecular formula is C30H19N3O2. The number of esters is 1. The zero-order valence-electron chi connectivity index (χ0n) is 18.6. The lowest BCUT2D eigenvalue weighted by Gasteiger charge is -2.11. The van der Waals surface area contributed by atoms with Gasteiger partial charge in [-0.15, -0.1) is 0 Å². The number of carbonyl (C=O) groups is 1. The Morgan fingerprint density at radius 2 is 1.29 bits per heavy atom. The monoisotopic (exact) mass is 453 g/mol. The maximum atomic E-state index is 13.0. The van der Waals surface area contributed by atoms with Crippen molar-refractivity contribution >= 4 is 27.9 Å². The minimum Gasteiger partial charge on any atom is -0.421 e. The molecule has 0 aliphatic rings. The lowest BCUT2D eigenvalue weighted by molar-refractivity contribution is 0.0737. The number of ether oxygens (including phenoxy) is 1. The van der Waals surface area contributed by atoms with Crippen LogP contribution in [0, 0.1) is 0 Å². The molecule has 0 saturated heterocycles. The van der Waals surface area contributed by atoms with Gasteiger partial charge in [0.1, 0.15) is 5.52 Å². The number of para-hydroxylation sites is 1. The Morgan fingerprint density at radius 3 is 2.00 bits per heavy atom. The molecule has 0 atom stereocenters. The van der Waals surface area contributed by atoms with Crippen molar-refractivity contribution in [2.24, 2.45) is 0 Å². The highest BCUT2D eigenvalue weighted by Crippen LogP contribution is 2.31. The van der Waals surface area contributed by atoms with E-state index in [1.807, 2.05) is 91.0 Å². The van der Waals surface area contributed by atoms with Crippen molar-refractivity contribution in [3.05, 3.63) is 121 Å². The summed E-state index contributed by atoms with van der Waals surface area (Å²) in [6.45, 7) is 0. The first-order valence-corrected chi connectivity index (χ1v) is 11.2. The van der Waals surface area contributed by atoms with Gasteiger partial charge in [-0.25, -0.2) is 14.8 Å². The fourth-order valence-corrected chi connectivity index (χ4v) is 4.09. The van der Waals surface area contributed by atoms with Crippen LogP contribution in [0.1, 0.15) is 10.4 Å². The van der Waals surface area contributed by atoms with Gasteiger partial charge in [-0.2, -0.15) is 0 Å². The highest BCUT2D eigenvalue weighted by atomic mass is 16.5. The average molecular weight is 454 g/mol. The fourth-order valence-electron chi connectivity index (χ4n) is 4.09. The van der Waals surface area contributed by atoms with Gasteiger partial charge in [0.05, 0.1) is 28.0 Å². The predicted molar refractivity (Wildman–Crippen MR) is 137 cm³/mol. The summed E-state index contributed by atoms with van der Waals surface area (Å²) >= 11 is 0. The van der Waals surface area contributed by atoms with Crippen LogP contribution in [-0.2, 0) is 0 Å². The van der Waals surface area contributed by atoms with E-state index in [1.165, 1.54) is 0 Å². The van der Waals surface area contributed by atoms with E-state index in [-0.39, 0.29) is 0 Å². The molecule has 0 aliphatic heterocycles. The van der Waals surface area contributed by atoms with Crippen LogP contribution in [0.4, 0.5) is 0 Å². The Labute approximate surface area is 201 Å². The van der Waals surface area contributed by atoms with Crippen LogP contribution in [0.3, 0.4) is 0 Å². The average Bonchev–Trinajstić information content (AvgIpc) is 2.93. The molecule has 0 amide bonds. The van der Waals surface area contributed by atoms with Crippen molar-refractivity contribution in [2.45, 2.75) is 0 Å². The van der Waals surface area contributed by atoms with Gasteiger partial charge in [-0.3, -0.25) is 4.98 Å². The van der Waals surface area contributed by atoms with Gasteiger partial charge in [0.25, 0.3) is 0 Å². The first kappa shape index (κ1) is 20.7. The summed E-state index contributed by atoms with van der Waals surface area (Å²) < 4.78 is 5.72. The first-order chi connectivity index (χ1) is 17.3. The molecule has 4 aromatic carbocycles. The lowest BCUT2D eigenvalue weighted by Crippen LogP contribution is -2.09. The molecule has 0 spiro atoms. The van der Waals surface area contributed by atoms with Gasteiger partial charge in [0.2, 0.25) is 0 Å². The molecule has 0 N–H and O–H groups in total. The molecule has 5 heteroatoms. The van der Waals surface area contributed by atoms with E-state index in [2.05, 4.69) is 4.98 Å². The molecular weight excluding hydrogens is 434 g/mol. The van der Waals surface area contributed by atoms with Crippen molar-refractivity contribution in [1.29, 1.82) is 0 Å². The Hall–Kier alpha value is -4.90. The molecule has 0 radical (unpaired) electrons. The van der Waals surface area contributed by atoms with Crippen molar-refractivity contribution in [3.63, 3.8) is 0 Å². The number of hydrogen-bond donors (Lipinski definition) is 0. The quantitative estimate of drug-likeness (QED) is 0.219. The lowest BCUT2D eigenvalue weighted by atomic mass is 10.0. The summed E-state index contributed by atoms with van der Waals surface area (Å²) in [5, 5.41) is 0.906. The predicted octanol–water partition coefficient (Wildman–Crippen LogP) is 6.73. The summed E-state index contributed by atoms with van der Waals surface area (Å²) in [6, 6.07) is 34.5. The van der Waals surface area contributed by atoms with E-state index in [1.54, 1.807) is 24.4 Å². The third kappa shape index (κ3) is 4.00. The topological polar surface area (TPSA) is 65.0 Å². The Bertz CT molecular complexity index is 1680. The van der Waals surface area contributed by atoms with Gasteiger partial charge in [-0.1, -0.05) is 78.9 Å². The minimum absolute atomic E-state index is 0.395. The smallest absolute Gasteiger partial charge is 0.343 e. The molecule has 0 saturated carbocycles. The molecule has 2 heterocycles. The number of rotatable bonds is 4. The number of fused-ring (bicyclic) bond motifs is 2. The second kappa shape index (κ2) is 8.80. The SMILES string of the molecule is O=C(Oc1cccc2cccnc12)c1ccc2nc(-c3ccccc3)c(-c3ccccc3)nc2c1. The van der Waals surface area contributed by atoms with Crippen LogP contribution >= 0.6 is 0 Å². The van der Waals surface area contributed by atoms with E-state index in [9.17, 15) is 4.79 Å². The number of carbonyl (C=O) groups excluding carboxylic acids is 1. The molecule has 35 heavy (non-hydrogen) atoms. The number of benzene rings is 4. The van der Waals surface area contributed by atoms with Crippen molar-refractivity contribution in [3.8, 4) is 28.3 Å². The van der Waals surface area contributed by atoms with Crippen LogP contribution in [0.5, 0.6) is 5.75 Å². The zero-order valence-corrected chi connectivity index (χ0v) is 18.6. The summed E-state index contributed by atoms with van der Waals surface area (Å²) in [4.78, 5) is 27.3. The number of nitrogens with zero attached hydrogens (tertiary/aromatic N) is 3. The molecule has 0 aliphatic carbocycles. The van der Waals surface area contributed by atoms with Gasteiger partial charge < -0.3 is 4.74 Å². The summed E-state index contributed by atoms with van der Waals surface area (Å²) in [5.41, 5.74) is 5.84. The second-order valence-electron chi connectivity index (χ2n) is 8.08. The minimum atomic E-state index is -0.472. The zero-order chi connectivity index (χ0) is 23.6. The Kier molecular flexibility index (Phi) is 5.20. The molecule has 6 aromatic rings. The maximum absolute atomic E-state index is 13.0. The largest absolute Gasteiger partial charge is 0.421 e. The van der Waals surface area contributed by atoms with Crippen LogP contribution in [0.2, 0.25) is 0 Å². The van der Waals surface area contributed by atoms with Crippen LogP contribution in [0.25, 0.3) is 44.5 Å². The molecule has 5 nitrogen and oxygen atoms in total. The second-order valence-corrected chi connectivity index (χ2v) is 8.08. The number of pyridine rings is 1. The maximum Gasteiger partial charge on any atom is 0.343 e. The highest BCUT2D eigenvalue weighted by Gasteiger charge is 2.16. The van der Waals surface area contributed by atoms with E-state index >= 15 is 0 Å². The first-order valence-electron chi connectivity index (χ1n) is 11.2. The van der Waals surface area contributed by atoms with Crippen LogP contribution < -0.4 is 4.74 Å². The van der Waals surface area contributed by atoms with Gasteiger partial charge >= 0.3 is 5.97 Å². The normalized spacial score (nSPS) is 11.0. The number of hydrogen-bond acceptors (Lipinski definition) is 5. The summed E-state index contributed by atoms with van der Waals surface area (Å²) in [5.74, 6) is -0.0519. The van der Waals surface area contributed by atoms with Crippen molar-refractivity contribution < 1.29 is 9.53 Å². The van der Waals surface area contributed by atoms with E-state index in [0.717, 1.165) is 27.9 Å². The third-order valence-corrected chi connectivity index (χ3v) is 5.79. The van der Waals surface area contributed by atoms with Crippen molar-refractivity contribution in [1.82, 2.24) is 15.0 Å². The fraction of sp³-hybridized carbons (Fsp3) is 0. The van der Waals surface area contributed by atoms with E-state index in [4.69, 9.17) is 14.7 Å². The van der Waals surface area contributed by atoms with Gasteiger partial charge in [0.15, 0.2) is 5.75 Å². The molecule has 166 valence electrons. The molecule has 0 unspecified atom stereocenters. The third-order valence-electron chi connectivity index (χ3n) is 5.79. The molecule has 0 fully saturated rings. The highest BCUT2D eigenvalue weighted by molar-refractivity contribution is 5.97. The van der Waals surface area contributed by atoms with Gasteiger partial charge in [0, 0.05) is 22.7 Å². The standard InChI is InChI=1S/C30H19N3O2/c34-30(35-26-15-7-13-20-14-8-18-31-27(20)26)23-16-17-24-25(19-23)33-29(22-11-5-2-6-12-22)28(32-24)21-9-3-1-4-10-21/h1-19H. The molecule has 0 bridgehead atoms. The summed E-state index contributed by atoms with van der Waals surface area (Å²) in [6.07, 6.45) is 1.68. The van der Waals surface area contributed by atoms with E-state index < -0.39 is 5.97 Å². The van der Waals surface area contributed by atoms with Crippen molar-refractivity contribution in [2.75, 3.05) is 0 Å².